The molecular weight excluding hydrogens is 851 g/mol. The minimum atomic E-state index is -1.24. The van der Waals surface area contributed by atoms with Crippen molar-refractivity contribution >= 4 is 29.5 Å². The first-order chi connectivity index (χ1) is 32.3. The van der Waals surface area contributed by atoms with Gasteiger partial charge < -0.3 is 55.3 Å². The van der Waals surface area contributed by atoms with Gasteiger partial charge in [0.1, 0.15) is 6.23 Å². The van der Waals surface area contributed by atoms with Crippen molar-refractivity contribution in [3.05, 3.63) is 70.4 Å². The molecular formula is C53H77N5O9. The Bertz CT molecular complexity index is 2080. The predicted octanol–water partition coefficient (Wildman–Crippen LogP) is 6.49. The van der Waals surface area contributed by atoms with Crippen molar-refractivity contribution in [1.82, 2.24) is 15.1 Å². The lowest BCUT2D eigenvalue weighted by atomic mass is 9.45. The monoisotopic (exact) mass is 928 g/mol. The Morgan fingerprint density at radius 1 is 0.881 bits per heavy atom. The van der Waals surface area contributed by atoms with Crippen LogP contribution in [0.5, 0.6) is 0 Å². The van der Waals surface area contributed by atoms with E-state index in [-0.39, 0.29) is 30.6 Å². The number of nitrogens with zero attached hydrogens (tertiary/aromatic N) is 2. The molecule has 0 radical (unpaired) electrons. The Kier molecular flexibility index (Phi) is 16.0. The van der Waals surface area contributed by atoms with Crippen LogP contribution in [0, 0.1) is 41.4 Å². The van der Waals surface area contributed by atoms with Gasteiger partial charge in [-0.25, -0.2) is 0 Å². The molecule has 6 N–H and O–H groups in total. The predicted molar refractivity (Wildman–Crippen MR) is 257 cm³/mol. The summed E-state index contributed by atoms with van der Waals surface area (Å²) in [7, 11) is 2.01. The number of anilines is 1. The van der Waals surface area contributed by atoms with Crippen LogP contribution in [-0.4, -0.2) is 122 Å². The minimum absolute atomic E-state index is 0.167. The second kappa shape index (κ2) is 21.7. The smallest absolute Gasteiger partial charge is 0.257 e. The molecule has 0 bridgehead atoms. The van der Waals surface area contributed by atoms with Crippen LogP contribution in [0.3, 0.4) is 0 Å². The Labute approximate surface area is 397 Å². The van der Waals surface area contributed by atoms with Crippen LogP contribution in [0.1, 0.15) is 136 Å². The summed E-state index contributed by atoms with van der Waals surface area (Å²) in [6.07, 6.45) is 13.4. The molecule has 6 unspecified atom stereocenters. The van der Waals surface area contributed by atoms with Crippen LogP contribution in [0.15, 0.2) is 42.6 Å². The number of hydrogen-bond donors (Lipinski definition) is 5. The molecule has 67 heavy (non-hydrogen) atoms. The van der Waals surface area contributed by atoms with Crippen molar-refractivity contribution < 1.29 is 43.5 Å². The molecule has 1 saturated heterocycles. The molecule has 0 aromatic heterocycles. The second-order valence-electron chi connectivity index (χ2n) is 20.9. The van der Waals surface area contributed by atoms with Crippen molar-refractivity contribution in [2.75, 3.05) is 71.8 Å². The van der Waals surface area contributed by atoms with E-state index < -0.39 is 18.5 Å². The molecule has 14 heteroatoms. The fourth-order valence-corrected chi connectivity index (χ4v) is 13.9. The number of aliphatic hydroxyl groups excluding tert-OH is 2. The Morgan fingerprint density at radius 3 is 2.28 bits per heavy atom. The zero-order valence-electron chi connectivity index (χ0n) is 40.4. The summed E-state index contributed by atoms with van der Waals surface area (Å²) >= 11 is 0. The van der Waals surface area contributed by atoms with Gasteiger partial charge in [-0.3, -0.25) is 14.4 Å². The van der Waals surface area contributed by atoms with Crippen molar-refractivity contribution in [2.45, 2.75) is 128 Å². The zero-order valence-corrected chi connectivity index (χ0v) is 40.4. The molecule has 11 atom stereocenters. The molecule has 8 rings (SSSR count). The van der Waals surface area contributed by atoms with Crippen molar-refractivity contribution in [3.8, 4) is 0 Å². The van der Waals surface area contributed by atoms with E-state index >= 15 is 0 Å². The summed E-state index contributed by atoms with van der Waals surface area (Å²) in [5.74, 6) is 3.35. The third kappa shape index (κ3) is 10.5. The molecule has 2 heterocycles. The normalized spacial score (nSPS) is 32.4. The van der Waals surface area contributed by atoms with Crippen molar-refractivity contribution in [1.29, 1.82) is 0 Å². The first-order valence-corrected chi connectivity index (χ1v) is 25.2. The Balaban J connectivity index is 0.659. The first kappa shape index (κ1) is 49.4. The maximum atomic E-state index is 13.4. The lowest BCUT2D eigenvalue weighted by Crippen LogP contribution is -2.56. The number of aryl methyl sites for hydroxylation is 1. The van der Waals surface area contributed by atoms with Crippen molar-refractivity contribution in [3.63, 3.8) is 0 Å². The molecule has 3 amide bonds. The van der Waals surface area contributed by atoms with E-state index in [9.17, 15) is 24.6 Å². The number of nitrogens with two attached hydrogens (primary N) is 1. The van der Waals surface area contributed by atoms with Gasteiger partial charge in [0.25, 0.3) is 5.91 Å². The van der Waals surface area contributed by atoms with Crippen LogP contribution >= 0.6 is 0 Å². The largest absolute Gasteiger partial charge is 0.405 e. The van der Waals surface area contributed by atoms with Gasteiger partial charge >= 0.3 is 0 Å². The van der Waals surface area contributed by atoms with Gasteiger partial charge in [-0.1, -0.05) is 38.1 Å². The number of carbonyl (C=O) groups is 3. The van der Waals surface area contributed by atoms with E-state index in [0.717, 1.165) is 36.5 Å². The standard InChI is InChI=1S/C53H77N5O9/c1-34-32-36(9-8-35(34)18-22-54)41-12-13-43-39-16-20-52(2)33-37(10-11-42(52)38(39)17-21-53(41,43)3)57(4)47(60)19-24-64-26-28-66-30-31-67-29-27-65-25-23-55-44-7-5-6-40-48(44)51(63)58(50(40)62)45-14-15-46(59)56-49(45)61/h5-9,18,22,32,37-39,41-43,45,49,51,55,61,63H,10-17,19-21,23-31,33,54H2,1-4H3,(H,56,59)/b22-18-/t37-,38?,39+,41+,42?,43?,45?,49?,51?,52+,53+/m0/s1. The average molecular weight is 928 g/mol. The lowest BCUT2D eigenvalue weighted by Gasteiger charge is -2.60. The summed E-state index contributed by atoms with van der Waals surface area (Å²) in [6.45, 7) is 11.1. The van der Waals surface area contributed by atoms with Crippen LogP contribution in [0.4, 0.5) is 5.69 Å². The number of benzene rings is 2. The van der Waals surface area contributed by atoms with Crippen molar-refractivity contribution in [2.24, 2.45) is 40.2 Å². The summed E-state index contributed by atoms with van der Waals surface area (Å²) in [5.41, 5.74) is 11.9. The van der Waals surface area contributed by atoms with Crippen LogP contribution in [0.2, 0.25) is 0 Å². The fourth-order valence-electron chi connectivity index (χ4n) is 13.9. The molecule has 4 saturated carbocycles. The molecule has 5 fully saturated rings. The summed E-state index contributed by atoms with van der Waals surface area (Å²) in [4.78, 5) is 41.5. The minimum Gasteiger partial charge on any atom is -0.405 e. The third-order valence-corrected chi connectivity index (χ3v) is 17.3. The molecule has 2 aromatic carbocycles. The fraction of sp³-hybridized carbons (Fsp3) is 0.679. The molecule has 4 aliphatic carbocycles. The number of aliphatic hydroxyl groups is 2. The number of rotatable bonds is 20. The maximum Gasteiger partial charge on any atom is 0.257 e. The number of piperidine rings is 1. The zero-order chi connectivity index (χ0) is 47.3. The van der Waals surface area contributed by atoms with Gasteiger partial charge in [-0.2, -0.15) is 0 Å². The highest BCUT2D eigenvalue weighted by atomic mass is 16.6. The van der Waals surface area contributed by atoms with E-state index in [1.54, 1.807) is 24.4 Å². The molecule has 368 valence electrons. The number of amides is 3. The number of hydrogen-bond acceptors (Lipinski definition) is 11. The maximum absolute atomic E-state index is 13.4. The molecule has 6 aliphatic rings. The lowest BCUT2D eigenvalue weighted by molar-refractivity contribution is -0.139. The molecule has 2 aromatic rings. The Morgan fingerprint density at radius 2 is 1.57 bits per heavy atom. The number of ether oxygens (including phenoxy) is 4. The highest BCUT2D eigenvalue weighted by Crippen LogP contribution is 2.68. The van der Waals surface area contributed by atoms with E-state index in [0.29, 0.717) is 105 Å². The van der Waals surface area contributed by atoms with Gasteiger partial charge in [0.05, 0.1) is 65.3 Å². The number of fused-ring (bicyclic) bond motifs is 6. The van der Waals surface area contributed by atoms with Gasteiger partial charge in [-0.05, 0) is 153 Å². The molecule has 14 nitrogen and oxygen atoms in total. The van der Waals surface area contributed by atoms with Crippen LogP contribution in [0.25, 0.3) is 6.08 Å². The molecule has 2 aliphatic heterocycles. The van der Waals surface area contributed by atoms with E-state index in [2.05, 4.69) is 49.6 Å². The molecule has 0 spiro atoms. The third-order valence-electron chi connectivity index (χ3n) is 17.3. The van der Waals surface area contributed by atoms with Crippen LogP contribution < -0.4 is 16.4 Å². The second-order valence-corrected chi connectivity index (χ2v) is 20.9. The SMILES string of the molecule is Cc1cc([C@H]2CCC3[C@@H]4CC[C@]5(C)C[C@@H](N(C)C(=O)CCOCCOCCOCCOCCNc6cccc7c6C(O)N(C6CCC(=O)NC6O)C7=O)CCC5C4CC[C@@]32C)ccc1/C=C\N. The number of nitrogens with one attached hydrogen (secondary N) is 2. The highest BCUT2D eigenvalue weighted by molar-refractivity contribution is 6.01. The quantitative estimate of drug-likeness (QED) is 0.0915. The average Bonchev–Trinajstić information content (AvgIpc) is 3.80. The van der Waals surface area contributed by atoms with Gasteiger partial charge in [0.2, 0.25) is 11.8 Å². The first-order valence-electron chi connectivity index (χ1n) is 25.2. The summed E-state index contributed by atoms with van der Waals surface area (Å²) in [6, 6.07) is 11.8. The van der Waals surface area contributed by atoms with Gasteiger partial charge in [0, 0.05) is 42.9 Å². The number of carbonyl (C=O) groups excluding carboxylic acids is 3. The van der Waals surface area contributed by atoms with E-state index in [4.69, 9.17) is 24.7 Å². The van der Waals surface area contributed by atoms with E-state index in [1.807, 2.05) is 18.0 Å². The topological polar surface area (TPSA) is 185 Å². The van der Waals surface area contributed by atoms with Gasteiger partial charge in [0.15, 0.2) is 6.23 Å². The van der Waals surface area contributed by atoms with Gasteiger partial charge in [-0.15, -0.1) is 0 Å². The summed E-state index contributed by atoms with van der Waals surface area (Å²) in [5, 5.41) is 27.2. The van der Waals surface area contributed by atoms with E-state index in [1.165, 1.54) is 66.5 Å². The summed E-state index contributed by atoms with van der Waals surface area (Å²) < 4.78 is 22.8. The Hall–Kier alpha value is -4.05. The van der Waals surface area contributed by atoms with Crippen LogP contribution in [-0.2, 0) is 28.5 Å². The highest BCUT2D eigenvalue weighted by Gasteiger charge is 2.59.